The molecule has 152 valence electrons. The van der Waals surface area contributed by atoms with Crippen molar-refractivity contribution in [3.8, 4) is 0 Å². The lowest BCUT2D eigenvalue weighted by Crippen LogP contribution is -2.42. The Morgan fingerprint density at radius 1 is 1.10 bits per heavy atom. The number of alkyl halides is 3. The summed E-state index contributed by atoms with van der Waals surface area (Å²) in [6, 6.07) is 10.0. The zero-order valence-corrected chi connectivity index (χ0v) is 16.2. The third-order valence-electron chi connectivity index (χ3n) is 5.85. The second kappa shape index (κ2) is 6.60. The number of anilines is 1. The molecule has 0 aliphatic carbocycles. The van der Waals surface area contributed by atoms with Crippen molar-refractivity contribution in [2.75, 3.05) is 18.0 Å². The van der Waals surface area contributed by atoms with Crippen LogP contribution in [0.4, 0.5) is 18.9 Å². The summed E-state index contributed by atoms with van der Waals surface area (Å²) in [4.78, 5) is 2.13. The molecule has 1 aromatic carbocycles. The second-order valence-electron chi connectivity index (χ2n) is 7.54. The number of hydrogen-bond acceptors (Lipinski definition) is 4. The third kappa shape index (κ3) is 3.14. The maximum Gasteiger partial charge on any atom is 0.396 e. The van der Waals surface area contributed by atoms with E-state index in [9.17, 15) is 13.2 Å². The summed E-state index contributed by atoms with van der Waals surface area (Å²) in [7, 11) is 0. The van der Waals surface area contributed by atoms with Gasteiger partial charge in [-0.15, -0.1) is 10.2 Å². The van der Waals surface area contributed by atoms with Crippen molar-refractivity contribution < 1.29 is 17.9 Å². The molecule has 9 heteroatoms. The van der Waals surface area contributed by atoms with E-state index >= 15 is 0 Å². The average Bonchev–Trinajstić information content (AvgIpc) is 3.25. The predicted molar refractivity (Wildman–Crippen MR) is 102 cm³/mol. The van der Waals surface area contributed by atoms with Crippen molar-refractivity contribution in [2.45, 2.75) is 37.6 Å². The Morgan fingerprint density at radius 3 is 2.62 bits per heavy atom. The lowest BCUT2D eigenvalue weighted by Gasteiger charge is -2.40. The Hall–Kier alpha value is -2.32. The van der Waals surface area contributed by atoms with Gasteiger partial charge in [0.2, 0.25) is 0 Å². The number of nitrogens with zero attached hydrogens (tertiary/aromatic N) is 4. The van der Waals surface area contributed by atoms with Crippen molar-refractivity contribution in [3.63, 3.8) is 0 Å². The highest BCUT2D eigenvalue weighted by molar-refractivity contribution is 6.36. The standard InChI is InChI=1S/C20H18ClF3N4O/c21-17-15(5-8-28-16(11-20(22,23)24)25-26-18(17)28)27-9-6-19(7-10-27)14-4-2-1-3-13(14)12-29-19/h1-5,8H,6-7,9-12H2. The van der Waals surface area contributed by atoms with Gasteiger partial charge in [-0.2, -0.15) is 13.2 Å². The number of fused-ring (bicyclic) bond motifs is 3. The van der Waals surface area contributed by atoms with E-state index in [1.54, 1.807) is 12.3 Å². The van der Waals surface area contributed by atoms with E-state index in [0.717, 1.165) is 31.6 Å². The molecule has 2 aliphatic heterocycles. The van der Waals surface area contributed by atoms with Crippen LogP contribution < -0.4 is 4.90 Å². The number of aromatic nitrogens is 3. The van der Waals surface area contributed by atoms with Crippen LogP contribution in [-0.2, 0) is 23.4 Å². The van der Waals surface area contributed by atoms with Crippen molar-refractivity contribution in [1.29, 1.82) is 0 Å². The number of rotatable bonds is 2. The summed E-state index contributed by atoms with van der Waals surface area (Å²) in [5.74, 6) is -0.172. The van der Waals surface area contributed by atoms with Gasteiger partial charge in [-0.05, 0) is 30.0 Å². The smallest absolute Gasteiger partial charge is 0.370 e. The van der Waals surface area contributed by atoms with Crippen molar-refractivity contribution in [1.82, 2.24) is 14.6 Å². The Morgan fingerprint density at radius 2 is 1.86 bits per heavy atom. The highest BCUT2D eigenvalue weighted by Crippen LogP contribution is 2.45. The zero-order valence-electron chi connectivity index (χ0n) is 15.4. The molecule has 1 saturated heterocycles. The fourth-order valence-electron chi connectivity index (χ4n) is 4.41. The SMILES string of the molecule is FC(F)(F)Cc1nnc2c(Cl)c(N3CCC4(CC3)OCc3ccccc34)ccn12. The first-order chi connectivity index (χ1) is 13.9. The van der Waals surface area contributed by atoms with E-state index in [-0.39, 0.29) is 17.1 Å². The van der Waals surface area contributed by atoms with Gasteiger partial charge in [0.15, 0.2) is 5.65 Å². The van der Waals surface area contributed by atoms with E-state index in [4.69, 9.17) is 16.3 Å². The molecule has 5 nitrogen and oxygen atoms in total. The van der Waals surface area contributed by atoms with Gasteiger partial charge in [-0.25, -0.2) is 0 Å². The molecule has 0 unspecified atom stereocenters. The van der Waals surface area contributed by atoms with E-state index in [1.165, 1.54) is 15.5 Å². The molecular weight excluding hydrogens is 405 g/mol. The van der Waals surface area contributed by atoms with Gasteiger partial charge in [-0.3, -0.25) is 4.40 Å². The topological polar surface area (TPSA) is 42.7 Å². The normalized spacial score (nSPS) is 18.6. The summed E-state index contributed by atoms with van der Waals surface area (Å²) in [5, 5.41) is 7.89. The van der Waals surface area contributed by atoms with Crippen LogP contribution in [0.2, 0.25) is 5.02 Å². The quantitative estimate of drug-likeness (QED) is 0.609. The maximum atomic E-state index is 12.7. The number of piperidine rings is 1. The summed E-state index contributed by atoms with van der Waals surface area (Å²) in [6.07, 6.45) is -2.31. The van der Waals surface area contributed by atoms with Crippen LogP contribution in [0.3, 0.4) is 0 Å². The van der Waals surface area contributed by atoms with Crippen LogP contribution in [0.25, 0.3) is 5.65 Å². The van der Waals surface area contributed by atoms with Gasteiger partial charge >= 0.3 is 6.18 Å². The second-order valence-corrected chi connectivity index (χ2v) is 7.92. The van der Waals surface area contributed by atoms with Crippen LogP contribution in [0.1, 0.15) is 29.8 Å². The van der Waals surface area contributed by atoms with E-state index in [0.29, 0.717) is 11.6 Å². The summed E-state index contributed by atoms with van der Waals surface area (Å²) < 4.78 is 45.7. The van der Waals surface area contributed by atoms with Gasteiger partial charge in [0, 0.05) is 19.3 Å². The van der Waals surface area contributed by atoms with Crippen LogP contribution >= 0.6 is 11.6 Å². The molecule has 0 amide bonds. The van der Waals surface area contributed by atoms with Gasteiger partial charge < -0.3 is 9.64 Å². The molecule has 4 heterocycles. The molecule has 0 saturated carbocycles. The van der Waals surface area contributed by atoms with Crippen LogP contribution in [0.15, 0.2) is 36.5 Å². The van der Waals surface area contributed by atoms with Gasteiger partial charge in [-0.1, -0.05) is 35.9 Å². The Balaban J connectivity index is 1.40. The predicted octanol–water partition coefficient (Wildman–Crippen LogP) is 4.51. The fraction of sp³-hybridized carbons (Fsp3) is 0.400. The molecule has 0 bridgehead atoms. The van der Waals surface area contributed by atoms with E-state index in [1.807, 2.05) is 12.1 Å². The molecule has 29 heavy (non-hydrogen) atoms. The third-order valence-corrected chi connectivity index (χ3v) is 6.21. The lowest BCUT2D eigenvalue weighted by atomic mass is 9.83. The molecule has 5 rings (SSSR count). The molecule has 0 N–H and O–H groups in total. The molecule has 0 radical (unpaired) electrons. The maximum absolute atomic E-state index is 12.7. The molecule has 3 aromatic rings. The fourth-order valence-corrected chi connectivity index (χ4v) is 4.73. The highest BCUT2D eigenvalue weighted by Gasteiger charge is 2.42. The summed E-state index contributed by atoms with van der Waals surface area (Å²) in [5.41, 5.74) is 3.23. The van der Waals surface area contributed by atoms with Crippen molar-refractivity contribution in [3.05, 3.63) is 58.5 Å². The van der Waals surface area contributed by atoms with Crippen LogP contribution in [0, 0.1) is 0 Å². The van der Waals surface area contributed by atoms with Crippen LogP contribution in [0.5, 0.6) is 0 Å². The molecule has 1 fully saturated rings. The monoisotopic (exact) mass is 422 g/mol. The molecule has 1 spiro atoms. The molecular formula is C20H18ClF3N4O. The first-order valence-electron chi connectivity index (χ1n) is 9.42. The summed E-state index contributed by atoms with van der Waals surface area (Å²) in [6.45, 7) is 2.09. The minimum atomic E-state index is -4.35. The highest BCUT2D eigenvalue weighted by atomic mass is 35.5. The largest absolute Gasteiger partial charge is 0.396 e. The summed E-state index contributed by atoms with van der Waals surface area (Å²) >= 11 is 6.51. The number of benzene rings is 1. The van der Waals surface area contributed by atoms with Crippen molar-refractivity contribution in [2.24, 2.45) is 0 Å². The number of hydrogen-bond donors (Lipinski definition) is 0. The number of pyridine rings is 1. The van der Waals surface area contributed by atoms with E-state index in [2.05, 4.69) is 27.2 Å². The Kier molecular flexibility index (Phi) is 4.25. The van der Waals surface area contributed by atoms with Crippen molar-refractivity contribution >= 4 is 22.9 Å². The molecule has 2 aliphatic rings. The number of ether oxygens (including phenoxy) is 1. The average molecular weight is 423 g/mol. The zero-order chi connectivity index (χ0) is 20.2. The van der Waals surface area contributed by atoms with Gasteiger partial charge in [0.25, 0.3) is 0 Å². The first kappa shape index (κ1) is 18.7. The lowest BCUT2D eigenvalue weighted by molar-refractivity contribution is -0.128. The number of halogens is 4. The van der Waals surface area contributed by atoms with Gasteiger partial charge in [0.05, 0.1) is 17.9 Å². The first-order valence-corrected chi connectivity index (χ1v) is 9.80. The Labute approximate surface area is 170 Å². The van der Waals surface area contributed by atoms with Crippen LogP contribution in [-0.4, -0.2) is 33.9 Å². The minimum Gasteiger partial charge on any atom is -0.370 e. The van der Waals surface area contributed by atoms with E-state index < -0.39 is 12.6 Å². The Bertz CT molecular complexity index is 1070. The van der Waals surface area contributed by atoms with Gasteiger partial charge in [0.1, 0.15) is 17.3 Å². The minimum absolute atomic E-state index is 0.172. The molecule has 2 aromatic heterocycles. The molecule has 0 atom stereocenters.